The van der Waals surface area contributed by atoms with Crippen molar-refractivity contribution in [2.75, 3.05) is 13.6 Å². The first-order chi connectivity index (χ1) is 9.35. The number of benzene rings is 1. The van der Waals surface area contributed by atoms with E-state index in [4.69, 9.17) is 5.73 Å². The van der Waals surface area contributed by atoms with E-state index in [1.807, 2.05) is 0 Å². The van der Waals surface area contributed by atoms with Gasteiger partial charge in [-0.25, -0.2) is 0 Å². The molecule has 1 aliphatic carbocycles. The van der Waals surface area contributed by atoms with Crippen molar-refractivity contribution in [2.45, 2.75) is 45.7 Å². The van der Waals surface area contributed by atoms with E-state index in [2.05, 4.69) is 66.0 Å². The maximum absolute atomic E-state index is 6.33. The first-order valence-corrected chi connectivity index (χ1v) is 8.34. The Bertz CT molecular complexity index is 427. The molecule has 2 rings (SSSR count). The standard InChI is InChI=1S/C17H27BrN2/c1-17(2)9-8-16(19)14(10-17)12-20(3)11-13-4-6-15(18)7-5-13/h4-7,14,16H,8-12,19H2,1-3H3. The van der Waals surface area contributed by atoms with Crippen LogP contribution >= 0.6 is 15.9 Å². The fourth-order valence-corrected chi connectivity index (χ4v) is 3.59. The second-order valence-corrected chi connectivity index (χ2v) is 8.07. The minimum atomic E-state index is 0.371. The Morgan fingerprint density at radius 1 is 1.30 bits per heavy atom. The third kappa shape index (κ3) is 4.57. The van der Waals surface area contributed by atoms with Gasteiger partial charge in [-0.05, 0) is 55.3 Å². The summed E-state index contributed by atoms with van der Waals surface area (Å²) in [7, 11) is 2.20. The lowest BCUT2D eigenvalue weighted by atomic mass is 9.70. The van der Waals surface area contributed by atoms with Crippen molar-refractivity contribution in [2.24, 2.45) is 17.1 Å². The monoisotopic (exact) mass is 338 g/mol. The molecule has 20 heavy (non-hydrogen) atoms. The van der Waals surface area contributed by atoms with Gasteiger partial charge in [-0.15, -0.1) is 0 Å². The van der Waals surface area contributed by atoms with E-state index in [1.54, 1.807) is 0 Å². The minimum Gasteiger partial charge on any atom is -0.327 e. The van der Waals surface area contributed by atoms with Crippen molar-refractivity contribution in [3.63, 3.8) is 0 Å². The van der Waals surface area contributed by atoms with Crippen LogP contribution in [0.15, 0.2) is 28.7 Å². The zero-order valence-corrected chi connectivity index (χ0v) is 14.5. The third-order valence-electron chi connectivity index (χ3n) is 4.49. The van der Waals surface area contributed by atoms with E-state index in [9.17, 15) is 0 Å². The number of halogens is 1. The van der Waals surface area contributed by atoms with Gasteiger partial charge in [-0.3, -0.25) is 0 Å². The summed E-state index contributed by atoms with van der Waals surface area (Å²) in [6.45, 7) is 6.85. The summed E-state index contributed by atoms with van der Waals surface area (Å²) in [4.78, 5) is 2.41. The third-order valence-corrected chi connectivity index (χ3v) is 5.02. The summed E-state index contributed by atoms with van der Waals surface area (Å²) >= 11 is 3.48. The molecule has 0 aliphatic heterocycles. The van der Waals surface area contributed by atoms with Gasteiger partial charge in [0.05, 0.1) is 0 Å². The Hall–Kier alpha value is -0.380. The number of nitrogens with two attached hydrogens (primary N) is 1. The normalized spacial score (nSPS) is 25.9. The Morgan fingerprint density at radius 3 is 2.60 bits per heavy atom. The van der Waals surface area contributed by atoms with Crippen LogP contribution in [-0.2, 0) is 6.54 Å². The summed E-state index contributed by atoms with van der Waals surface area (Å²) in [5, 5.41) is 0. The molecule has 1 fully saturated rings. The first kappa shape index (κ1) is 16.0. The summed E-state index contributed by atoms with van der Waals surface area (Å²) in [6, 6.07) is 8.96. The van der Waals surface area contributed by atoms with Crippen LogP contribution < -0.4 is 5.73 Å². The van der Waals surface area contributed by atoms with Crippen molar-refractivity contribution in [3.05, 3.63) is 34.3 Å². The molecule has 3 heteroatoms. The quantitative estimate of drug-likeness (QED) is 0.897. The van der Waals surface area contributed by atoms with Crippen molar-refractivity contribution in [3.8, 4) is 0 Å². The first-order valence-electron chi connectivity index (χ1n) is 7.54. The molecule has 0 amide bonds. The van der Waals surface area contributed by atoms with Gasteiger partial charge in [0.2, 0.25) is 0 Å². The summed E-state index contributed by atoms with van der Waals surface area (Å²) in [5.74, 6) is 0.624. The molecular weight excluding hydrogens is 312 g/mol. The Morgan fingerprint density at radius 2 is 1.95 bits per heavy atom. The van der Waals surface area contributed by atoms with Crippen LogP contribution in [0.4, 0.5) is 0 Å². The SMILES string of the molecule is CN(Cc1ccc(Br)cc1)CC1CC(C)(C)CCC1N. The average Bonchev–Trinajstić information content (AvgIpc) is 2.36. The molecule has 2 nitrogen and oxygen atoms in total. The topological polar surface area (TPSA) is 29.3 Å². The van der Waals surface area contributed by atoms with Crippen LogP contribution in [0.1, 0.15) is 38.7 Å². The van der Waals surface area contributed by atoms with Crippen LogP contribution in [0.3, 0.4) is 0 Å². The fourth-order valence-electron chi connectivity index (χ4n) is 3.32. The van der Waals surface area contributed by atoms with E-state index in [-0.39, 0.29) is 0 Å². The smallest absolute Gasteiger partial charge is 0.0230 e. The predicted molar refractivity (Wildman–Crippen MR) is 89.6 cm³/mol. The lowest BCUT2D eigenvalue weighted by molar-refractivity contribution is 0.122. The number of hydrogen-bond acceptors (Lipinski definition) is 2. The molecule has 2 N–H and O–H groups in total. The minimum absolute atomic E-state index is 0.371. The maximum atomic E-state index is 6.33. The molecule has 0 radical (unpaired) electrons. The molecule has 1 saturated carbocycles. The van der Waals surface area contributed by atoms with E-state index in [1.165, 1.54) is 24.8 Å². The van der Waals surface area contributed by atoms with Crippen LogP contribution in [0, 0.1) is 11.3 Å². The number of nitrogens with zero attached hydrogens (tertiary/aromatic N) is 1. The molecule has 112 valence electrons. The van der Waals surface area contributed by atoms with Crippen LogP contribution in [0.2, 0.25) is 0 Å². The van der Waals surface area contributed by atoms with Crippen LogP contribution in [0.25, 0.3) is 0 Å². The highest BCUT2D eigenvalue weighted by Gasteiger charge is 2.33. The van der Waals surface area contributed by atoms with E-state index in [0.717, 1.165) is 17.6 Å². The second-order valence-electron chi connectivity index (χ2n) is 7.15. The maximum Gasteiger partial charge on any atom is 0.0230 e. The highest BCUT2D eigenvalue weighted by atomic mass is 79.9. The van der Waals surface area contributed by atoms with Crippen molar-refractivity contribution < 1.29 is 0 Å². The predicted octanol–water partition coefficient (Wildman–Crippen LogP) is 4.03. The van der Waals surface area contributed by atoms with Gasteiger partial charge in [0.1, 0.15) is 0 Å². The van der Waals surface area contributed by atoms with Gasteiger partial charge in [0.25, 0.3) is 0 Å². The lowest BCUT2D eigenvalue weighted by Gasteiger charge is -2.40. The lowest BCUT2D eigenvalue weighted by Crippen LogP contribution is -2.44. The molecule has 1 aromatic carbocycles. The van der Waals surface area contributed by atoms with Crippen LogP contribution in [-0.4, -0.2) is 24.5 Å². The fraction of sp³-hybridized carbons (Fsp3) is 0.647. The highest BCUT2D eigenvalue weighted by molar-refractivity contribution is 9.10. The van der Waals surface area contributed by atoms with Crippen molar-refractivity contribution in [1.82, 2.24) is 4.90 Å². The number of hydrogen-bond donors (Lipinski definition) is 1. The van der Waals surface area contributed by atoms with Crippen LogP contribution in [0.5, 0.6) is 0 Å². The molecule has 0 saturated heterocycles. The van der Waals surface area contributed by atoms with Crippen molar-refractivity contribution >= 4 is 15.9 Å². The molecule has 0 heterocycles. The Labute approximate surface area is 131 Å². The number of rotatable bonds is 4. The highest BCUT2D eigenvalue weighted by Crippen LogP contribution is 2.38. The average molecular weight is 339 g/mol. The van der Waals surface area contributed by atoms with E-state index < -0.39 is 0 Å². The van der Waals surface area contributed by atoms with Gasteiger partial charge < -0.3 is 10.6 Å². The summed E-state index contributed by atoms with van der Waals surface area (Å²) in [6.07, 6.45) is 3.68. The van der Waals surface area contributed by atoms with Gasteiger partial charge >= 0.3 is 0 Å². The van der Waals surface area contributed by atoms with Gasteiger partial charge in [0.15, 0.2) is 0 Å². The van der Waals surface area contributed by atoms with Gasteiger partial charge in [-0.2, -0.15) is 0 Å². The van der Waals surface area contributed by atoms with Gasteiger partial charge in [0, 0.05) is 23.6 Å². The molecule has 0 aromatic heterocycles. The molecule has 1 aliphatic rings. The second kappa shape index (κ2) is 6.59. The molecule has 2 unspecified atom stereocenters. The Kier molecular flexibility index (Phi) is 5.27. The zero-order valence-electron chi connectivity index (χ0n) is 12.9. The van der Waals surface area contributed by atoms with E-state index in [0.29, 0.717) is 17.4 Å². The van der Waals surface area contributed by atoms with E-state index >= 15 is 0 Å². The summed E-state index contributed by atoms with van der Waals surface area (Å²) in [5.41, 5.74) is 8.15. The molecule has 0 spiro atoms. The largest absolute Gasteiger partial charge is 0.327 e. The molecule has 0 bridgehead atoms. The molecule has 2 atom stereocenters. The van der Waals surface area contributed by atoms with Crippen molar-refractivity contribution in [1.29, 1.82) is 0 Å². The summed E-state index contributed by atoms with van der Waals surface area (Å²) < 4.78 is 1.14. The zero-order chi connectivity index (χ0) is 14.8. The Balaban J connectivity index is 1.90. The molecular formula is C17H27BrN2. The van der Waals surface area contributed by atoms with Gasteiger partial charge in [-0.1, -0.05) is 41.9 Å². The molecule has 1 aromatic rings.